The average Bonchev–Trinajstić information content (AvgIpc) is 2.89. The smallest absolute Gasteiger partial charge is 0.124 e. The molecule has 1 atom stereocenters. The number of hydrogen-bond donors (Lipinski definition) is 1. The summed E-state index contributed by atoms with van der Waals surface area (Å²) in [5, 5.41) is 3.49. The van der Waals surface area contributed by atoms with Crippen LogP contribution in [0.25, 0.3) is 0 Å². The Morgan fingerprint density at radius 3 is 2.88 bits per heavy atom. The fourth-order valence-electron chi connectivity index (χ4n) is 3.33. The third kappa shape index (κ3) is 4.60. The van der Waals surface area contributed by atoms with Gasteiger partial charge in [-0.05, 0) is 56.6 Å². The van der Waals surface area contributed by atoms with Crippen molar-refractivity contribution in [2.75, 3.05) is 32.8 Å². The van der Waals surface area contributed by atoms with E-state index >= 15 is 0 Å². The molecule has 1 unspecified atom stereocenters. The number of aromatic nitrogens is 1. The lowest BCUT2D eigenvalue weighted by Crippen LogP contribution is -2.33. The maximum absolute atomic E-state index is 5.95. The molecule has 1 N–H and O–H groups in total. The van der Waals surface area contributed by atoms with E-state index in [0.29, 0.717) is 6.61 Å². The van der Waals surface area contributed by atoms with Crippen molar-refractivity contribution < 1.29 is 4.74 Å². The third-order valence-corrected chi connectivity index (χ3v) is 5.01. The quantitative estimate of drug-likeness (QED) is 0.820. The Kier molecular flexibility index (Phi) is 6.45. The summed E-state index contributed by atoms with van der Waals surface area (Å²) >= 11 is 3.63. The standard InChI is InChI=1S/C20H26BrN3O/c1-3-25-19-8-6-16(21)13-17(19)20(18-7-5-15(2)14-23-18)24-11-4-9-22-10-12-24/h5-8,13-14,20,22H,3-4,9-12H2,1-2H3. The van der Waals surface area contributed by atoms with Gasteiger partial charge in [-0.1, -0.05) is 22.0 Å². The lowest BCUT2D eigenvalue weighted by atomic mass is 9.99. The summed E-state index contributed by atoms with van der Waals surface area (Å²) in [4.78, 5) is 7.27. The zero-order chi connectivity index (χ0) is 17.6. The summed E-state index contributed by atoms with van der Waals surface area (Å²) in [5.74, 6) is 0.940. The molecule has 5 heteroatoms. The molecule has 0 saturated carbocycles. The molecule has 3 rings (SSSR count). The molecule has 1 fully saturated rings. The van der Waals surface area contributed by atoms with Crippen molar-refractivity contribution in [1.82, 2.24) is 15.2 Å². The molecule has 134 valence electrons. The first-order valence-corrected chi connectivity index (χ1v) is 9.78. The van der Waals surface area contributed by atoms with E-state index in [2.05, 4.69) is 57.3 Å². The van der Waals surface area contributed by atoms with E-state index in [1.807, 2.05) is 19.2 Å². The van der Waals surface area contributed by atoms with Crippen LogP contribution in [0.4, 0.5) is 0 Å². The molecule has 0 spiro atoms. The number of benzene rings is 1. The molecule has 2 aromatic rings. The predicted molar refractivity (Wildman–Crippen MR) is 105 cm³/mol. The monoisotopic (exact) mass is 403 g/mol. The molecule has 1 aromatic heterocycles. The van der Waals surface area contributed by atoms with E-state index in [9.17, 15) is 0 Å². The minimum atomic E-state index is 0.0968. The van der Waals surface area contributed by atoms with Crippen molar-refractivity contribution in [3.05, 3.63) is 57.8 Å². The van der Waals surface area contributed by atoms with Crippen LogP contribution in [-0.4, -0.2) is 42.7 Å². The van der Waals surface area contributed by atoms with Gasteiger partial charge < -0.3 is 10.1 Å². The van der Waals surface area contributed by atoms with Gasteiger partial charge in [0.1, 0.15) is 5.75 Å². The predicted octanol–water partition coefficient (Wildman–Crippen LogP) is 3.94. The zero-order valence-corrected chi connectivity index (χ0v) is 16.6. The highest BCUT2D eigenvalue weighted by molar-refractivity contribution is 9.10. The Bertz CT molecular complexity index is 682. The van der Waals surface area contributed by atoms with E-state index in [4.69, 9.17) is 9.72 Å². The van der Waals surface area contributed by atoms with Crippen molar-refractivity contribution in [3.63, 3.8) is 0 Å². The lowest BCUT2D eigenvalue weighted by molar-refractivity contribution is 0.229. The summed E-state index contributed by atoms with van der Waals surface area (Å²) in [6.07, 6.45) is 3.09. The highest BCUT2D eigenvalue weighted by atomic mass is 79.9. The second-order valence-corrected chi connectivity index (χ2v) is 7.33. The Balaban J connectivity index is 2.06. The van der Waals surface area contributed by atoms with Crippen LogP contribution in [0.15, 0.2) is 41.0 Å². The van der Waals surface area contributed by atoms with E-state index in [-0.39, 0.29) is 6.04 Å². The summed E-state index contributed by atoms with van der Waals surface area (Å²) in [7, 11) is 0. The fourth-order valence-corrected chi connectivity index (χ4v) is 3.71. The van der Waals surface area contributed by atoms with Crippen molar-refractivity contribution in [3.8, 4) is 5.75 Å². The minimum absolute atomic E-state index is 0.0968. The van der Waals surface area contributed by atoms with Gasteiger partial charge in [0, 0.05) is 35.9 Å². The summed E-state index contributed by atoms with van der Waals surface area (Å²) < 4.78 is 7.02. The molecule has 1 saturated heterocycles. The Morgan fingerprint density at radius 2 is 2.12 bits per heavy atom. The molecular weight excluding hydrogens is 378 g/mol. The number of hydrogen-bond acceptors (Lipinski definition) is 4. The van der Waals surface area contributed by atoms with Gasteiger partial charge in [0.15, 0.2) is 0 Å². The normalized spacial score (nSPS) is 17.1. The van der Waals surface area contributed by atoms with Crippen molar-refractivity contribution >= 4 is 15.9 Å². The van der Waals surface area contributed by atoms with E-state index in [0.717, 1.165) is 48.5 Å². The molecule has 1 aliphatic heterocycles. The van der Waals surface area contributed by atoms with Crippen LogP contribution in [0.1, 0.15) is 36.2 Å². The van der Waals surface area contributed by atoms with Gasteiger partial charge in [-0.3, -0.25) is 9.88 Å². The molecule has 1 aromatic carbocycles. The number of halogens is 1. The minimum Gasteiger partial charge on any atom is -0.494 e. The van der Waals surface area contributed by atoms with Gasteiger partial charge in [0.05, 0.1) is 18.3 Å². The zero-order valence-electron chi connectivity index (χ0n) is 15.0. The second-order valence-electron chi connectivity index (χ2n) is 6.42. The number of nitrogens with one attached hydrogen (secondary N) is 1. The molecule has 0 amide bonds. The van der Waals surface area contributed by atoms with Crippen LogP contribution in [0.5, 0.6) is 5.75 Å². The first-order valence-electron chi connectivity index (χ1n) is 8.98. The topological polar surface area (TPSA) is 37.4 Å². The number of pyridine rings is 1. The molecular formula is C20H26BrN3O. The largest absolute Gasteiger partial charge is 0.494 e. The molecule has 0 bridgehead atoms. The maximum Gasteiger partial charge on any atom is 0.124 e. The summed E-state index contributed by atoms with van der Waals surface area (Å²) in [5.41, 5.74) is 3.43. The highest BCUT2D eigenvalue weighted by Crippen LogP contribution is 2.36. The average molecular weight is 404 g/mol. The summed E-state index contributed by atoms with van der Waals surface area (Å²) in [6.45, 7) is 8.88. The molecule has 4 nitrogen and oxygen atoms in total. The van der Waals surface area contributed by atoms with Crippen LogP contribution >= 0.6 is 15.9 Å². The maximum atomic E-state index is 5.95. The molecule has 0 aliphatic carbocycles. The van der Waals surface area contributed by atoms with Crippen LogP contribution in [0.2, 0.25) is 0 Å². The first-order chi connectivity index (χ1) is 12.2. The summed E-state index contributed by atoms with van der Waals surface area (Å²) in [6, 6.07) is 10.7. The van der Waals surface area contributed by atoms with E-state index in [1.54, 1.807) is 0 Å². The first kappa shape index (κ1) is 18.4. The van der Waals surface area contributed by atoms with Crippen molar-refractivity contribution in [2.45, 2.75) is 26.3 Å². The molecule has 25 heavy (non-hydrogen) atoms. The van der Waals surface area contributed by atoms with Gasteiger partial charge >= 0.3 is 0 Å². The van der Waals surface area contributed by atoms with Gasteiger partial charge in [-0.25, -0.2) is 0 Å². The fraction of sp³-hybridized carbons (Fsp3) is 0.450. The SMILES string of the molecule is CCOc1ccc(Br)cc1C(c1ccc(C)cn1)N1CCCNCC1. The second kappa shape index (κ2) is 8.79. The number of nitrogens with zero attached hydrogens (tertiary/aromatic N) is 2. The molecule has 2 heterocycles. The van der Waals surface area contributed by atoms with Crippen LogP contribution in [0, 0.1) is 6.92 Å². The van der Waals surface area contributed by atoms with Gasteiger partial charge in [0.2, 0.25) is 0 Å². The van der Waals surface area contributed by atoms with E-state index < -0.39 is 0 Å². The van der Waals surface area contributed by atoms with Crippen molar-refractivity contribution in [2.24, 2.45) is 0 Å². The highest BCUT2D eigenvalue weighted by Gasteiger charge is 2.27. The van der Waals surface area contributed by atoms with Crippen LogP contribution < -0.4 is 10.1 Å². The van der Waals surface area contributed by atoms with Gasteiger partial charge in [0.25, 0.3) is 0 Å². The van der Waals surface area contributed by atoms with Crippen molar-refractivity contribution in [1.29, 1.82) is 0 Å². The van der Waals surface area contributed by atoms with Crippen LogP contribution in [-0.2, 0) is 0 Å². The third-order valence-electron chi connectivity index (χ3n) is 4.52. The lowest BCUT2D eigenvalue weighted by Gasteiger charge is -2.31. The van der Waals surface area contributed by atoms with Gasteiger partial charge in [-0.2, -0.15) is 0 Å². The molecule has 0 radical (unpaired) electrons. The number of ether oxygens (including phenoxy) is 1. The number of rotatable bonds is 5. The van der Waals surface area contributed by atoms with Gasteiger partial charge in [-0.15, -0.1) is 0 Å². The molecule has 1 aliphatic rings. The Hall–Kier alpha value is -1.43. The Morgan fingerprint density at radius 1 is 1.24 bits per heavy atom. The van der Waals surface area contributed by atoms with Crippen LogP contribution in [0.3, 0.4) is 0 Å². The number of aryl methyl sites for hydroxylation is 1. The Labute approximate surface area is 158 Å². The van der Waals surface area contributed by atoms with E-state index in [1.165, 1.54) is 11.1 Å².